The van der Waals surface area contributed by atoms with Gasteiger partial charge in [-0.05, 0) is 55.5 Å². The van der Waals surface area contributed by atoms with Crippen molar-refractivity contribution in [3.8, 4) is 0 Å². The van der Waals surface area contributed by atoms with Crippen LogP contribution in [0.4, 0.5) is 0 Å². The normalized spacial score (nSPS) is 19.4. The van der Waals surface area contributed by atoms with Crippen LogP contribution in [0.25, 0.3) is 0 Å². The maximum absolute atomic E-state index is 13.3. The number of carbonyl (C=O) groups is 1. The highest BCUT2D eigenvalue weighted by Crippen LogP contribution is 2.25. The SMILES string of the molecule is CCN(CC1CCCO1)C(=O)c1cccc(S(=O)(=O)N2CCc3ccccc3C2)c1. The Bertz CT molecular complexity index is 1020. The maximum Gasteiger partial charge on any atom is 0.253 e. The molecule has 0 N–H and O–H groups in total. The number of sulfonamides is 1. The van der Waals surface area contributed by atoms with E-state index in [1.165, 1.54) is 15.9 Å². The molecule has 1 saturated heterocycles. The Morgan fingerprint density at radius 2 is 1.97 bits per heavy atom. The summed E-state index contributed by atoms with van der Waals surface area (Å²) in [6, 6.07) is 14.4. The minimum absolute atomic E-state index is 0.0641. The van der Waals surface area contributed by atoms with Crippen molar-refractivity contribution in [3.63, 3.8) is 0 Å². The molecule has 160 valence electrons. The second-order valence-electron chi connectivity index (χ2n) is 7.86. The molecule has 0 saturated carbocycles. The third-order valence-corrected chi connectivity index (χ3v) is 7.77. The van der Waals surface area contributed by atoms with Gasteiger partial charge in [-0.1, -0.05) is 30.3 Å². The molecule has 0 spiro atoms. The van der Waals surface area contributed by atoms with Gasteiger partial charge in [-0.3, -0.25) is 4.79 Å². The van der Waals surface area contributed by atoms with Gasteiger partial charge in [0.25, 0.3) is 5.91 Å². The molecule has 2 aliphatic rings. The summed E-state index contributed by atoms with van der Waals surface area (Å²) in [5, 5.41) is 0. The summed E-state index contributed by atoms with van der Waals surface area (Å²) in [5.41, 5.74) is 2.63. The monoisotopic (exact) mass is 428 g/mol. The smallest absolute Gasteiger partial charge is 0.253 e. The predicted molar refractivity (Wildman–Crippen MR) is 115 cm³/mol. The zero-order chi connectivity index (χ0) is 21.1. The Morgan fingerprint density at radius 3 is 2.70 bits per heavy atom. The molecule has 0 aliphatic carbocycles. The number of benzene rings is 2. The van der Waals surface area contributed by atoms with E-state index in [0.29, 0.717) is 38.2 Å². The van der Waals surface area contributed by atoms with E-state index in [1.807, 2.05) is 31.2 Å². The first kappa shape index (κ1) is 21.0. The Kier molecular flexibility index (Phi) is 6.22. The zero-order valence-corrected chi connectivity index (χ0v) is 18.1. The van der Waals surface area contributed by atoms with E-state index in [4.69, 9.17) is 4.74 Å². The lowest BCUT2D eigenvalue weighted by Gasteiger charge is -2.28. The van der Waals surface area contributed by atoms with Crippen LogP contribution in [0.15, 0.2) is 53.4 Å². The van der Waals surface area contributed by atoms with Crippen LogP contribution in [-0.4, -0.2) is 55.9 Å². The van der Waals surface area contributed by atoms with E-state index in [1.54, 1.807) is 23.1 Å². The first-order valence-corrected chi connectivity index (χ1v) is 12.0. The third kappa shape index (κ3) is 4.29. The third-order valence-electron chi connectivity index (χ3n) is 5.93. The van der Waals surface area contributed by atoms with Crippen molar-refractivity contribution in [3.05, 3.63) is 65.2 Å². The van der Waals surface area contributed by atoms with Crippen molar-refractivity contribution in [2.24, 2.45) is 0 Å². The molecule has 7 heteroatoms. The summed E-state index contributed by atoms with van der Waals surface area (Å²) in [4.78, 5) is 14.9. The molecule has 2 aromatic carbocycles. The number of ether oxygens (including phenoxy) is 1. The van der Waals surface area contributed by atoms with Crippen molar-refractivity contribution < 1.29 is 17.9 Å². The fourth-order valence-electron chi connectivity index (χ4n) is 4.19. The topological polar surface area (TPSA) is 66.9 Å². The lowest BCUT2D eigenvalue weighted by atomic mass is 10.0. The highest BCUT2D eigenvalue weighted by Gasteiger charge is 2.29. The van der Waals surface area contributed by atoms with Gasteiger partial charge >= 0.3 is 0 Å². The van der Waals surface area contributed by atoms with E-state index in [0.717, 1.165) is 25.0 Å². The van der Waals surface area contributed by atoms with E-state index in [9.17, 15) is 13.2 Å². The number of hydrogen-bond acceptors (Lipinski definition) is 4. The van der Waals surface area contributed by atoms with Gasteiger partial charge in [-0.25, -0.2) is 8.42 Å². The van der Waals surface area contributed by atoms with Crippen LogP contribution in [0.1, 0.15) is 41.3 Å². The minimum Gasteiger partial charge on any atom is -0.376 e. The van der Waals surface area contributed by atoms with Crippen LogP contribution in [0.2, 0.25) is 0 Å². The van der Waals surface area contributed by atoms with Crippen molar-refractivity contribution in [1.82, 2.24) is 9.21 Å². The molecule has 2 heterocycles. The average molecular weight is 429 g/mol. The van der Waals surface area contributed by atoms with Gasteiger partial charge in [0.05, 0.1) is 11.0 Å². The number of carbonyl (C=O) groups excluding carboxylic acids is 1. The van der Waals surface area contributed by atoms with E-state index in [-0.39, 0.29) is 16.9 Å². The summed E-state index contributed by atoms with van der Waals surface area (Å²) in [7, 11) is -3.68. The van der Waals surface area contributed by atoms with Crippen molar-refractivity contribution in [2.75, 3.05) is 26.2 Å². The van der Waals surface area contributed by atoms with Crippen molar-refractivity contribution >= 4 is 15.9 Å². The Morgan fingerprint density at radius 1 is 1.17 bits per heavy atom. The minimum atomic E-state index is -3.68. The zero-order valence-electron chi connectivity index (χ0n) is 17.3. The second kappa shape index (κ2) is 8.88. The largest absolute Gasteiger partial charge is 0.376 e. The van der Waals surface area contributed by atoms with Gasteiger partial charge in [-0.2, -0.15) is 4.31 Å². The molecule has 1 atom stereocenters. The van der Waals surface area contributed by atoms with E-state index in [2.05, 4.69) is 0 Å². The quantitative estimate of drug-likeness (QED) is 0.709. The van der Waals surface area contributed by atoms with Gasteiger partial charge in [-0.15, -0.1) is 0 Å². The van der Waals surface area contributed by atoms with Gasteiger partial charge in [0, 0.05) is 38.3 Å². The van der Waals surface area contributed by atoms with Gasteiger partial charge in [0.2, 0.25) is 10.0 Å². The molecular formula is C23H28N2O4S. The molecule has 2 aromatic rings. The fraction of sp³-hybridized carbons (Fsp3) is 0.435. The van der Waals surface area contributed by atoms with Crippen LogP contribution in [0.5, 0.6) is 0 Å². The van der Waals surface area contributed by atoms with Gasteiger partial charge in [0.15, 0.2) is 0 Å². The van der Waals surface area contributed by atoms with Crippen LogP contribution < -0.4 is 0 Å². The number of likely N-dealkylation sites (N-methyl/N-ethyl adjacent to an activating group) is 1. The van der Waals surface area contributed by atoms with Crippen LogP contribution >= 0.6 is 0 Å². The molecular weight excluding hydrogens is 400 g/mol. The summed E-state index contributed by atoms with van der Waals surface area (Å²) < 4.78 is 33.7. The van der Waals surface area contributed by atoms with Crippen molar-refractivity contribution in [1.29, 1.82) is 0 Å². The van der Waals surface area contributed by atoms with Gasteiger partial charge < -0.3 is 9.64 Å². The molecule has 0 aromatic heterocycles. The highest BCUT2D eigenvalue weighted by molar-refractivity contribution is 7.89. The standard InChI is InChI=1S/C23H28N2O4S/c1-2-24(17-21-10-6-14-29-21)23(26)19-9-5-11-22(15-19)30(27,28)25-13-12-18-7-3-4-8-20(18)16-25/h3-5,7-9,11,15,21H,2,6,10,12-14,16-17H2,1H3. The number of nitrogens with zero attached hydrogens (tertiary/aromatic N) is 2. The lowest BCUT2D eigenvalue weighted by molar-refractivity contribution is 0.0539. The molecule has 2 aliphatic heterocycles. The Balaban J connectivity index is 1.54. The maximum atomic E-state index is 13.3. The summed E-state index contributed by atoms with van der Waals surface area (Å²) in [6.45, 7) is 4.56. The van der Waals surface area contributed by atoms with Crippen LogP contribution in [0, 0.1) is 0 Å². The second-order valence-corrected chi connectivity index (χ2v) is 9.80. The molecule has 1 unspecified atom stereocenters. The van der Waals surface area contributed by atoms with E-state index >= 15 is 0 Å². The Hall–Kier alpha value is -2.22. The van der Waals surface area contributed by atoms with Crippen LogP contribution in [-0.2, 0) is 27.7 Å². The highest BCUT2D eigenvalue weighted by atomic mass is 32.2. The number of amides is 1. The Labute approximate surface area is 178 Å². The summed E-state index contributed by atoms with van der Waals surface area (Å²) >= 11 is 0. The van der Waals surface area contributed by atoms with Crippen molar-refractivity contribution in [2.45, 2.75) is 43.7 Å². The lowest BCUT2D eigenvalue weighted by Crippen LogP contribution is -2.38. The number of hydrogen-bond donors (Lipinski definition) is 0. The summed E-state index contributed by atoms with van der Waals surface area (Å²) in [5.74, 6) is -0.158. The molecule has 0 bridgehead atoms. The van der Waals surface area contributed by atoms with E-state index < -0.39 is 10.0 Å². The predicted octanol–water partition coefficient (Wildman–Crippen LogP) is 3.07. The molecule has 1 amide bonds. The van der Waals surface area contributed by atoms with Crippen LogP contribution in [0.3, 0.4) is 0 Å². The molecule has 30 heavy (non-hydrogen) atoms. The number of fused-ring (bicyclic) bond motifs is 1. The molecule has 1 fully saturated rings. The molecule has 6 nitrogen and oxygen atoms in total. The molecule has 0 radical (unpaired) electrons. The molecule has 4 rings (SSSR count). The van der Waals surface area contributed by atoms with Gasteiger partial charge in [0.1, 0.15) is 0 Å². The average Bonchev–Trinajstić information content (AvgIpc) is 3.30. The summed E-state index contributed by atoms with van der Waals surface area (Å²) in [6.07, 6.45) is 2.73. The first-order valence-electron chi connectivity index (χ1n) is 10.6. The number of rotatable bonds is 6. The first-order chi connectivity index (χ1) is 14.5. The fourth-order valence-corrected chi connectivity index (χ4v) is 5.65.